The molecular formula is C8H13N. The van der Waals surface area contributed by atoms with Crippen LogP contribution in [-0.2, 0) is 0 Å². The van der Waals surface area contributed by atoms with Crippen LogP contribution in [-0.4, -0.2) is 5.54 Å². The molecular weight excluding hydrogens is 110 g/mol. The third kappa shape index (κ3) is 1.22. The summed E-state index contributed by atoms with van der Waals surface area (Å²) < 4.78 is 0. The fraction of sp³-hybridized carbons (Fsp3) is 0.500. The maximum Gasteiger partial charge on any atom is 0.0375 e. The molecule has 1 atom stereocenters. The Labute approximate surface area is 56.2 Å². The van der Waals surface area contributed by atoms with Crippen molar-refractivity contribution in [1.29, 1.82) is 0 Å². The van der Waals surface area contributed by atoms with Crippen molar-refractivity contribution in [1.82, 2.24) is 0 Å². The minimum Gasteiger partial charge on any atom is -0.322 e. The molecule has 0 aromatic rings. The van der Waals surface area contributed by atoms with Gasteiger partial charge in [0.25, 0.3) is 0 Å². The van der Waals surface area contributed by atoms with Crippen LogP contribution in [0.5, 0.6) is 0 Å². The predicted molar refractivity (Wildman–Crippen MR) is 40.1 cm³/mol. The van der Waals surface area contributed by atoms with Gasteiger partial charge in [0.1, 0.15) is 0 Å². The Morgan fingerprint density at radius 3 is 2.67 bits per heavy atom. The lowest BCUT2D eigenvalue weighted by Gasteiger charge is -2.26. The Kier molecular flexibility index (Phi) is 1.45. The smallest absolute Gasteiger partial charge is 0.0375 e. The van der Waals surface area contributed by atoms with Gasteiger partial charge in [-0.25, -0.2) is 0 Å². The zero-order chi connectivity index (χ0) is 6.91. The maximum absolute atomic E-state index is 5.90. The Balaban J connectivity index is 2.83. The standard InChI is InChI=1S/C8H13N/c1-7-5-3-4-6-8(7,2)9/h3-5H,6,9H2,1-2H3. The average molecular weight is 123 g/mol. The molecule has 0 aromatic carbocycles. The summed E-state index contributed by atoms with van der Waals surface area (Å²) in [5, 5.41) is 0. The Hall–Kier alpha value is -0.560. The monoisotopic (exact) mass is 123 g/mol. The number of rotatable bonds is 0. The van der Waals surface area contributed by atoms with Crippen LogP contribution in [0.15, 0.2) is 23.8 Å². The first kappa shape index (κ1) is 6.56. The molecule has 0 saturated heterocycles. The van der Waals surface area contributed by atoms with Gasteiger partial charge in [-0.15, -0.1) is 0 Å². The topological polar surface area (TPSA) is 26.0 Å². The van der Waals surface area contributed by atoms with Crippen LogP contribution in [0.1, 0.15) is 20.3 Å². The fourth-order valence-corrected chi connectivity index (χ4v) is 0.877. The molecule has 9 heavy (non-hydrogen) atoms. The van der Waals surface area contributed by atoms with Gasteiger partial charge in [-0.1, -0.05) is 23.8 Å². The van der Waals surface area contributed by atoms with E-state index >= 15 is 0 Å². The molecule has 1 heteroatoms. The van der Waals surface area contributed by atoms with Crippen LogP contribution >= 0.6 is 0 Å². The number of hydrogen-bond donors (Lipinski definition) is 1. The molecule has 0 aromatic heterocycles. The zero-order valence-corrected chi connectivity index (χ0v) is 6.02. The number of nitrogens with two attached hydrogens (primary N) is 1. The van der Waals surface area contributed by atoms with Crippen molar-refractivity contribution in [3.8, 4) is 0 Å². The average Bonchev–Trinajstić information content (AvgIpc) is 1.77. The minimum absolute atomic E-state index is 0.0885. The highest BCUT2D eigenvalue weighted by atomic mass is 14.7. The van der Waals surface area contributed by atoms with E-state index in [1.165, 1.54) is 5.57 Å². The summed E-state index contributed by atoms with van der Waals surface area (Å²) in [5.41, 5.74) is 7.08. The Morgan fingerprint density at radius 2 is 2.33 bits per heavy atom. The van der Waals surface area contributed by atoms with E-state index in [4.69, 9.17) is 5.73 Å². The van der Waals surface area contributed by atoms with Crippen molar-refractivity contribution in [2.45, 2.75) is 25.8 Å². The lowest BCUT2D eigenvalue weighted by molar-refractivity contribution is 0.552. The quantitative estimate of drug-likeness (QED) is 0.520. The van der Waals surface area contributed by atoms with Crippen LogP contribution in [0.3, 0.4) is 0 Å². The van der Waals surface area contributed by atoms with Gasteiger partial charge in [-0.05, 0) is 20.3 Å². The molecule has 50 valence electrons. The first-order valence-corrected chi connectivity index (χ1v) is 3.26. The largest absolute Gasteiger partial charge is 0.322 e. The molecule has 1 aliphatic rings. The molecule has 1 unspecified atom stereocenters. The van der Waals surface area contributed by atoms with Crippen LogP contribution in [0.25, 0.3) is 0 Å². The summed E-state index contributed by atoms with van der Waals surface area (Å²) in [6.07, 6.45) is 7.20. The van der Waals surface area contributed by atoms with Crippen LogP contribution in [0.4, 0.5) is 0 Å². The second-order valence-electron chi connectivity index (χ2n) is 2.90. The molecule has 0 saturated carbocycles. The molecule has 0 radical (unpaired) electrons. The third-order valence-corrected chi connectivity index (χ3v) is 1.93. The van der Waals surface area contributed by atoms with Gasteiger partial charge in [-0.2, -0.15) is 0 Å². The summed E-state index contributed by atoms with van der Waals surface area (Å²) in [5.74, 6) is 0. The van der Waals surface area contributed by atoms with Crippen molar-refractivity contribution in [3.63, 3.8) is 0 Å². The summed E-state index contributed by atoms with van der Waals surface area (Å²) in [6, 6.07) is 0. The van der Waals surface area contributed by atoms with E-state index in [0.29, 0.717) is 0 Å². The molecule has 0 amide bonds. The highest BCUT2D eigenvalue weighted by Crippen LogP contribution is 2.20. The molecule has 1 nitrogen and oxygen atoms in total. The van der Waals surface area contributed by atoms with Gasteiger partial charge in [0, 0.05) is 5.54 Å². The molecule has 0 aliphatic heterocycles. The zero-order valence-electron chi connectivity index (χ0n) is 6.02. The van der Waals surface area contributed by atoms with E-state index in [1.54, 1.807) is 0 Å². The summed E-state index contributed by atoms with van der Waals surface area (Å²) in [4.78, 5) is 0. The van der Waals surface area contributed by atoms with Gasteiger partial charge >= 0.3 is 0 Å². The molecule has 0 spiro atoms. The van der Waals surface area contributed by atoms with Gasteiger partial charge in [-0.3, -0.25) is 0 Å². The summed E-state index contributed by atoms with van der Waals surface area (Å²) in [7, 11) is 0. The normalized spacial score (nSPS) is 34.3. The van der Waals surface area contributed by atoms with Crippen molar-refractivity contribution >= 4 is 0 Å². The maximum atomic E-state index is 5.90. The van der Waals surface area contributed by atoms with Crippen LogP contribution in [0.2, 0.25) is 0 Å². The number of allylic oxidation sites excluding steroid dienone is 2. The van der Waals surface area contributed by atoms with Crippen LogP contribution in [0, 0.1) is 0 Å². The van der Waals surface area contributed by atoms with Crippen molar-refractivity contribution < 1.29 is 0 Å². The van der Waals surface area contributed by atoms with E-state index in [0.717, 1.165) is 6.42 Å². The second kappa shape index (κ2) is 1.99. The van der Waals surface area contributed by atoms with Gasteiger partial charge in [0.15, 0.2) is 0 Å². The highest BCUT2D eigenvalue weighted by molar-refractivity contribution is 5.26. The lowest BCUT2D eigenvalue weighted by Crippen LogP contribution is -2.37. The van der Waals surface area contributed by atoms with E-state index in [9.17, 15) is 0 Å². The molecule has 0 heterocycles. The van der Waals surface area contributed by atoms with Crippen LogP contribution < -0.4 is 5.73 Å². The lowest BCUT2D eigenvalue weighted by atomic mass is 9.87. The van der Waals surface area contributed by atoms with Gasteiger partial charge in [0.05, 0.1) is 0 Å². The Morgan fingerprint density at radius 1 is 1.67 bits per heavy atom. The Bertz CT molecular complexity index is 163. The number of hydrogen-bond acceptors (Lipinski definition) is 1. The predicted octanol–water partition coefficient (Wildman–Crippen LogP) is 1.61. The third-order valence-electron chi connectivity index (χ3n) is 1.93. The highest BCUT2D eigenvalue weighted by Gasteiger charge is 2.19. The van der Waals surface area contributed by atoms with E-state index in [-0.39, 0.29) is 5.54 Å². The fourth-order valence-electron chi connectivity index (χ4n) is 0.877. The molecule has 2 N–H and O–H groups in total. The van der Waals surface area contributed by atoms with E-state index in [1.807, 2.05) is 0 Å². The summed E-state index contributed by atoms with van der Waals surface area (Å²) >= 11 is 0. The van der Waals surface area contributed by atoms with Crippen molar-refractivity contribution in [2.75, 3.05) is 0 Å². The van der Waals surface area contributed by atoms with Crippen molar-refractivity contribution in [3.05, 3.63) is 23.8 Å². The van der Waals surface area contributed by atoms with Gasteiger partial charge in [0.2, 0.25) is 0 Å². The first-order chi connectivity index (χ1) is 4.13. The SMILES string of the molecule is CC1=CC=CCC1(C)N. The second-order valence-corrected chi connectivity index (χ2v) is 2.90. The first-order valence-electron chi connectivity index (χ1n) is 3.26. The van der Waals surface area contributed by atoms with E-state index < -0.39 is 0 Å². The molecule has 0 fully saturated rings. The minimum atomic E-state index is -0.0885. The summed E-state index contributed by atoms with van der Waals surface area (Å²) in [6.45, 7) is 4.13. The van der Waals surface area contributed by atoms with E-state index in [2.05, 4.69) is 32.1 Å². The molecule has 1 rings (SSSR count). The molecule has 1 aliphatic carbocycles. The van der Waals surface area contributed by atoms with Crippen molar-refractivity contribution in [2.24, 2.45) is 5.73 Å². The molecule has 0 bridgehead atoms. The van der Waals surface area contributed by atoms with Gasteiger partial charge < -0.3 is 5.73 Å².